The van der Waals surface area contributed by atoms with Crippen LogP contribution < -0.4 is 5.32 Å². The Labute approximate surface area is 217 Å². The molecular formula is C30H28N4O2S. The van der Waals surface area contributed by atoms with Crippen molar-refractivity contribution in [2.45, 2.75) is 25.3 Å². The summed E-state index contributed by atoms with van der Waals surface area (Å²) in [6, 6.07) is 28.8. The molecular weight excluding hydrogens is 480 g/mol. The van der Waals surface area contributed by atoms with Gasteiger partial charge in [0.15, 0.2) is 15.7 Å². The number of fused-ring (bicyclic) bond motifs is 1. The van der Waals surface area contributed by atoms with Crippen LogP contribution in [0.15, 0.2) is 102 Å². The Morgan fingerprint density at radius 2 is 1.54 bits per heavy atom. The lowest BCUT2D eigenvalue weighted by atomic mass is 10.0. The molecule has 0 spiro atoms. The average Bonchev–Trinajstić information content (AvgIpc) is 2.91. The number of sulfone groups is 1. The van der Waals surface area contributed by atoms with Gasteiger partial charge in [-0.3, -0.25) is 4.98 Å². The van der Waals surface area contributed by atoms with E-state index in [9.17, 15) is 8.42 Å². The summed E-state index contributed by atoms with van der Waals surface area (Å²) in [6.45, 7) is 4.30. The lowest BCUT2D eigenvalue weighted by molar-refractivity contribution is 0.582. The van der Waals surface area contributed by atoms with Gasteiger partial charge < -0.3 is 5.32 Å². The molecule has 0 fully saturated rings. The van der Waals surface area contributed by atoms with Crippen molar-refractivity contribution in [1.82, 2.24) is 15.0 Å². The predicted octanol–water partition coefficient (Wildman–Crippen LogP) is 6.40. The number of nitrogens with one attached hydrogen (secondary N) is 1. The summed E-state index contributed by atoms with van der Waals surface area (Å²) >= 11 is 0. The number of nitrogens with zero attached hydrogens (tertiary/aromatic N) is 3. The molecule has 186 valence electrons. The van der Waals surface area contributed by atoms with Gasteiger partial charge in [0.1, 0.15) is 5.82 Å². The van der Waals surface area contributed by atoms with E-state index in [1.807, 2.05) is 62.4 Å². The van der Waals surface area contributed by atoms with Crippen LogP contribution in [0.25, 0.3) is 33.4 Å². The summed E-state index contributed by atoms with van der Waals surface area (Å²) in [4.78, 5) is 14.5. The van der Waals surface area contributed by atoms with Gasteiger partial charge in [-0.1, -0.05) is 62.4 Å². The van der Waals surface area contributed by atoms with Crippen molar-refractivity contribution in [3.8, 4) is 22.5 Å². The molecule has 0 aliphatic rings. The molecule has 0 atom stereocenters. The second-order valence-corrected chi connectivity index (χ2v) is 11.4. The second-order valence-electron chi connectivity index (χ2n) is 9.34. The van der Waals surface area contributed by atoms with Crippen LogP contribution in [-0.4, -0.2) is 29.1 Å². The Bertz CT molecular complexity index is 1620. The summed E-state index contributed by atoms with van der Waals surface area (Å²) < 4.78 is 25.3. The molecule has 0 saturated heterocycles. The minimum Gasteiger partial charge on any atom is -0.364 e. The summed E-state index contributed by atoms with van der Waals surface area (Å²) in [5, 5.41) is 4.39. The SMILES string of the molecule is CC(C)CS(=O)(=O)c1ccc(-c2nc(NCc3ccccn3)c3c(-c4ccccc4)cccc3n2)cc1. The number of pyridine rings is 1. The monoisotopic (exact) mass is 508 g/mol. The van der Waals surface area contributed by atoms with E-state index < -0.39 is 9.84 Å². The highest BCUT2D eigenvalue weighted by molar-refractivity contribution is 7.91. The maximum Gasteiger partial charge on any atom is 0.178 e. The fourth-order valence-electron chi connectivity index (χ4n) is 4.32. The molecule has 5 aromatic rings. The maximum absolute atomic E-state index is 12.7. The van der Waals surface area contributed by atoms with E-state index in [0.717, 1.165) is 33.3 Å². The molecule has 37 heavy (non-hydrogen) atoms. The normalized spacial score (nSPS) is 11.6. The van der Waals surface area contributed by atoms with Crippen LogP contribution in [0.1, 0.15) is 19.5 Å². The van der Waals surface area contributed by atoms with Crippen LogP contribution in [0.3, 0.4) is 0 Å². The van der Waals surface area contributed by atoms with Crippen molar-refractivity contribution in [3.63, 3.8) is 0 Å². The highest BCUT2D eigenvalue weighted by Crippen LogP contribution is 2.34. The Balaban J connectivity index is 1.60. The minimum absolute atomic E-state index is 0.0556. The van der Waals surface area contributed by atoms with Gasteiger partial charge >= 0.3 is 0 Å². The van der Waals surface area contributed by atoms with Crippen LogP contribution in [0.2, 0.25) is 0 Å². The summed E-state index contributed by atoms with van der Waals surface area (Å²) in [5.74, 6) is 1.39. The topological polar surface area (TPSA) is 84.8 Å². The van der Waals surface area contributed by atoms with E-state index in [1.165, 1.54) is 0 Å². The molecule has 6 nitrogen and oxygen atoms in total. The summed E-state index contributed by atoms with van der Waals surface area (Å²) in [6.07, 6.45) is 1.77. The zero-order chi connectivity index (χ0) is 25.8. The number of rotatable bonds is 8. The first kappa shape index (κ1) is 24.6. The van der Waals surface area contributed by atoms with Gasteiger partial charge in [0.05, 0.1) is 33.8 Å². The van der Waals surface area contributed by atoms with Gasteiger partial charge in [-0.05, 0) is 59.5 Å². The van der Waals surface area contributed by atoms with Gasteiger partial charge in [0.2, 0.25) is 0 Å². The average molecular weight is 509 g/mol. The van der Waals surface area contributed by atoms with Crippen LogP contribution in [0, 0.1) is 5.92 Å². The maximum atomic E-state index is 12.7. The van der Waals surface area contributed by atoms with Crippen molar-refractivity contribution in [2.75, 3.05) is 11.1 Å². The highest BCUT2D eigenvalue weighted by atomic mass is 32.2. The molecule has 1 N–H and O–H groups in total. The summed E-state index contributed by atoms with van der Waals surface area (Å²) in [7, 11) is -3.34. The third-order valence-corrected chi connectivity index (χ3v) is 8.09. The smallest absolute Gasteiger partial charge is 0.178 e. The Morgan fingerprint density at radius 1 is 0.784 bits per heavy atom. The molecule has 0 bridgehead atoms. The molecule has 0 aliphatic heterocycles. The first-order valence-corrected chi connectivity index (χ1v) is 13.9. The van der Waals surface area contributed by atoms with E-state index in [2.05, 4.69) is 28.5 Å². The first-order valence-electron chi connectivity index (χ1n) is 12.2. The van der Waals surface area contributed by atoms with Crippen molar-refractivity contribution in [3.05, 3.63) is 103 Å². The molecule has 0 amide bonds. The van der Waals surface area contributed by atoms with Gasteiger partial charge in [-0.2, -0.15) is 0 Å². The molecule has 0 unspecified atom stereocenters. The Hall–Kier alpha value is -4.10. The van der Waals surface area contributed by atoms with E-state index >= 15 is 0 Å². The number of anilines is 1. The fourth-order valence-corrected chi connectivity index (χ4v) is 5.94. The largest absolute Gasteiger partial charge is 0.364 e. The molecule has 5 rings (SSSR count). The standard InChI is InChI=1S/C30H28N4O2S/c1-21(2)20-37(35,36)25-16-14-23(15-17-25)29-33-27-13-8-12-26(22-9-4-3-5-10-22)28(27)30(34-29)32-19-24-11-6-7-18-31-24/h3-18,21H,19-20H2,1-2H3,(H,32,33,34). The van der Waals surface area contributed by atoms with E-state index in [0.29, 0.717) is 23.1 Å². The van der Waals surface area contributed by atoms with Gasteiger partial charge in [0.25, 0.3) is 0 Å². The molecule has 0 saturated carbocycles. The third kappa shape index (κ3) is 5.52. The van der Waals surface area contributed by atoms with Crippen molar-refractivity contribution in [1.29, 1.82) is 0 Å². The number of hydrogen-bond acceptors (Lipinski definition) is 6. The third-order valence-electron chi connectivity index (χ3n) is 6.00. The minimum atomic E-state index is -3.34. The quantitative estimate of drug-likeness (QED) is 0.261. The first-order chi connectivity index (χ1) is 17.9. The van der Waals surface area contributed by atoms with Crippen LogP contribution in [0.5, 0.6) is 0 Å². The number of aromatic nitrogens is 3. The lowest BCUT2D eigenvalue weighted by Gasteiger charge is -2.15. The molecule has 0 radical (unpaired) electrons. The van der Waals surface area contributed by atoms with E-state index in [1.54, 1.807) is 30.5 Å². The Kier molecular flexibility index (Phi) is 6.97. The molecule has 2 aromatic heterocycles. The summed E-state index contributed by atoms with van der Waals surface area (Å²) in [5.41, 5.74) is 4.55. The number of hydrogen-bond donors (Lipinski definition) is 1. The van der Waals surface area contributed by atoms with Crippen LogP contribution >= 0.6 is 0 Å². The van der Waals surface area contributed by atoms with Crippen LogP contribution in [0.4, 0.5) is 5.82 Å². The van der Waals surface area contributed by atoms with E-state index in [-0.39, 0.29) is 11.7 Å². The predicted molar refractivity (Wildman–Crippen MR) is 149 cm³/mol. The van der Waals surface area contributed by atoms with Gasteiger partial charge in [-0.25, -0.2) is 18.4 Å². The molecule has 2 heterocycles. The van der Waals surface area contributed by atoms with Gasteiger partial charge in [0, 0.05) is 11.8 Å². The Morgan fingerprint density at radius 3 is 2.24 bits per heavy atom. The zero-order valence-electron chi connectivity index (χ0n) is 20.8. The fraction of sp³-hybridized carbons (Fsp3) is 0.167. The van der Waals surface area contributed by atoms with Crippen molar-refractivity contribution >= 4 is 26.6 Å². The molecule has 0 aliphatic carbocycles. The second kappa shape index (κ2) is 10.5. The number of benzene rings is 3. The highest BCUT2D eigenvalue weighted by Gasteiger charge is 2.18. The molecule has 3 aromatic carbocycles. The molecule has 7 heteroatoms. The van der Waals surface area contributed by atoms with Crippen molar-refractivity contribution in [2.24, 2.45) is 5.92 Å². The lowest BCUT2D eigenvalue weighted by Crippen LogP contribution is -2.11. The van der Waals surface area contributed by atoms with E-state index in [4.69, 9.17) is 9.97 Å². The zero-order valence-corrected chi connectivity index (χ0v) is 21.6. The van der Waals surface area contributed by atoms with Crippen LogP contribution in [-0.2, 0) is 16.4 Å². The van der Waals surface area contributed by atoms with Crippen molar-refractivity contribution < 1.29 is 8.42 Å². The van der Waals surface area contributed by atoms with Gasteiger partial charge in [-0.15, -0.1) is 0 Å².